The normalized spacial score (nSPS) is 18.7. The number of carbonyl (C=O) groups is 2. The maximum atomic E-state index is 12.3. The highest BCUT2D eigenvalue weighted by Gasteiger charge is 2.27. The average Bonchev–Trinajstić information content (AvgIpc) is 2.79. The van der Waals surface area contributed by atoms with Crippen molar-refractivity contribution in [1.82, 2.24) is 15.2 Å². The van der Waals surface area contributed by atoms with Crippen molar-refractivity contribution in [3.8, 4) is 0 Å². The third-order valence-corrected chi connectivity index (χ3v) is 3.61. The van der Waals surface area contributed by atoms with Crippen LogP contribution in [0.2, 0.25) is 0 Å². The first-order valence-corrected chi connectivity index (χ1v) is 8.06. The third kappa shape index (κ3) is 4.92. The Labute approximate surface area is 142 Å². The van der Waals surface area contributed by atoms with Crippen LogP contribution in [0.1, 0.15) is 49.3 Å². The average molecular weight is 335 g/mol. The summed E-state index contributed by atoms with van der Waals surface area (Å²) in [6.07, 6.45) is 2.02. The monoisotopic (exact) mass is 335 g/mol. The summed E-state index contributed by atoms with van der Waals surface area (Å²) in [5, 5.41) is 3.38. The summed E-state index contributed by atoms with van der Waals surface area (Å²) >= 11 is 0. The van der Waals surface area contributed by atoms with Crippen molar-refractivity contribution in [2.45, 2.75) is 38.8 Å². The van der Waals surface area contributed by atoms with Crippen LogP contribution in [-0.4, -0.2) is 54.3 Å². The summed E-state index contributed by atoms with van der Waals surface area (Å²) in [4.78, 5) is 29.8. The molecule has 1 saturated heterocycles. The van der Waals surface area contributed by atoms with Crippen molar-refractivity contribution in [2.24, 2.45) is 0 Å². The summed E-state index contributed by atoms with van der Waals surface area (Å²) < 4.78 is 10.1. The quantitative estimate of drug-likeness (QED) is 0.834. The summed E-state index contributed by atoms with van der Waals surface area (Å²) in [5.74, 6) is -0.418. The van der Waals surface area contributed by atoms with Gasteiger partial charge in [0.2, 0.25) is 0 Å². The molecule has 1 unspecified atom stereocenters. The second-order valence-corrected chi connectivity index (χ2v) is 6.75. The van der Waals surface area contributed by atoms with Crippen molar-refractivity contribution in [3.63, 3.8) is 0 Å². The molecule has 1 atom stereocenters. The molecule has 0 aromatic carbocycles. The highest BCUT2D eigenvalue weighted by molar-refractivity contribution is 5.88. The van der Waals surface area contributed by atoms with Gasteiger partial charge in [-0.3, -0.25) is 4.98 Å². The molecule has 2 rings (SSSR count). The lowest BCUT2D eigenvalue weighted by Gasteiger charge is -2.28. The Balaban J connectivity index is 2.09. The first-order valence-electron chi connectivity index (χ1n) is 8.06. The minimum Gasteiger partial charge on any atom is -0.465 e. The van der Waals surface area contributed by atoms with Gasteiger partial charge >= 0.3 is 12.1 Å². The number of nitrogens with zero attached hydrogens (tertiary/aromatic N) is 2. The van der Waals surface area contributed by atoms with Crippen molar-refractivity contribution >= 4 is 12.1 Å². The third-order valence-electron chi connectivity index (χ3n) is 3.61. The number of ether oxygens (including phenoxy) is 2. The molecule has 24 heavy (non-hydrogen) atoms. The fourth-order valence-electron chi connectivity index (χ4n) is 2.46. The van der Waals surface area contributed by atoms with E-state index in [0.717, 1.165) is 18.7 Å². The summed E-state index contributed by atoms with van der Waals surface area (Å²) in [5.41, 5.74) is 0.657. The van der Waals surface area contributed by atoms with Gasteiger partial charge in [-0.25, -0.2) is 9.59 Å². The SMILES string of the molecule is COC(=O)c1ccc(C2CN(C(=O)OC(C)(C)C)CCCN2)nc1. The molecule has 0 aliphatic carbocycles. The van der Waals surface area contributed by atoms with Gasteiger partial charge in [-0.05, 0) is 45.9 Å². The number of aromatic nitrogens is 1. The Morgan fingerprint density at radius 1 is 1.33 bits per heavy atom. The Hall–Kier alpha value is -2.15. The van der Waals surface area contributed by atoms with E-state index in [1.165, 1.54) is 13.3 Å². The van der Waals surface area contributed by atoms with E-state index < -0.39 is 11.6 Å². The van der Waals surface area contributed by atoms with Gasteiger partial charge in [0.15, 0.2) is 0 Å². The van der Waals surface area contributed by atoms with Crippen LogP contribution in [0.5, 0.6) is 0 Å². The minimum atomic E-state index is -0.521. The molecule has 7 heteroatoms. The van der Waals surface area contributed by atoms with E-state index in [9.17, 15) is 9.59 Å². The predicted molar refractivity (Wildman–Crippen MR) is 88.7 cm³/mol. The van der Waals surface area contributed by atoms with Gasteiger partial charge in [-0.2, -0.15) is 0 Å². The highest BCUT2D eigenvalue weighted by atomic mass is 16.6. The summed E-state index contributed by atoms with van der Waals surface area (Å²) in [6.45, 7) is 7.45. The minimum absolute atomic E-state index is 0.105. The second kappa shape index (κ2) is 7.61. The molecular formula is C17H25N3O4. The molecule has 2 heterocycles. The van der Waals surface area contributed by atoms with Crippen LogP contribution in [0.3, 0.4) is 0 Å². The van der Waals surface area contributed by atoms with Crippen LogP contribution < -0.4 is 5.32 Å². The number of amides is 1. The topological polar surface area (TPSA) is 80.8 Å². The van der Waals surface area contributed by atoms with Crippen LogP contribution in [0.4, 0.5) is 4.79 Å². The zero-order valence-electron chi connectivity index (χ0n) is 14.7. The number of pyridine rings is 1. The van der Waals surface area contributed by atoms with Gasteiger partial charge in [0.1, 0.15) is 5.60 Å². The van der Waals surface area contributed by atoms with Gasteiger partial charge in [0.05, 0.1) is 24.4 Å². The first-order chi connectivity index (χ1) is 11.3. The fourth-order valence-corrected chi connectivity index (χ4v) is 2.46. The van der Waals surface area contributed by atoms with Crippen molar-refractivity contribution in [2.75, 3.05) is 26.7 Å². The maximum absolute atomic E-state index is 12.3. The molecule has 0 spiro atoms. The zero-order valence-corrected chi connectivity index (χ0v) is 14.7. The Morgan fingerprint density at radius 3 is 2.67 bits per heavy atom. The molecule has 1 amide bonds. The van der Waals surface area contributed by atoms with Gasteiger partial charge < -0.3 is 19.7 Å². The Morgan fingerprint density at radius 2 is 2.08 bits per heavy atom. The van der Waals surface area contributed by atoms with Gasteiger partial charge in [-0.1, -0.05) is 0 Å². The van der Waals surface area contributed by atoms with E-state index in [1.54, 1.807) is 17.0 Å². The molecule has 0 bridgehead atoms. The zero-order chi connectivity index (χ0) is 17.7. The predicted octanol–water partition coefficient (Wildman–Crippen LogP) is 2.14. The van der Waals surface area contributed by atoms with E-state index in [2.05, 4.69) is 15.0 Å². The molecule has 1 aromatic rings. The van der Waals surface area contributed by atoms with E-state index >= 15 is 0 Å². The van der Waals surface area contributed by atoms with Crippen LogP contribution in [0, 0.1) is 0 Å². The molecule has 1 aliphatic rings. The van der Waals surface area contributed by atoms with Gasteiger partial charge in [0.25, 0.3) is 0 Å². The molecule has 1 aliphatic heterocycles. The molecule has 0 radical (unpaired) electrons. The summed E-state index contributed by atoms with van der Waals surface area (Å²) in [6, 6.07) is 3.35. The van der Waals surface area contributed by atoms with Crippen LogP contribution in [0.25, 0.3) is 0 Å². The first kappa shape index (κ1) is 18.2. The van der Waals surface area contributed by atoms with Crippen molar-refractivity contribution < 1.29 is 19.1 Å². The molecule has 132 valence electrons. The van der Waals surface area contributed by atoms with Gasteiger partial charge in [0, 0.05) is 19.3 Å². The number of hydrogen-bond donors (Lipinski definition) is 1. The molecule has 0 saturated carbocycles. The van der Waals surface area contributed by atoms with Gasteiger partial charge in [-0.15, -0.1) is 0 Å². The number of carbonyl (C=O) groups excluding carboxylic acids is 2. The number of methoxy groups -OCH3 is 1. The van der Waals surface area contributed by atoms with Crippen LogP contribution in [-0.2, 0) is 9.47 Å². The number of esters is 1. The fraction of sp³-hybridized carbons (Fsp3) is 0.588. The molecule has 1 N–H and O–H groups in total. The molecule has 7 nitrogen and oxygen atoms in total. The van der Waals surface area contributed by atoms with Crippen LogP contribution in [0.15, 0.2) is 18.3 Å². The second-order valence-electron chi connectivity index (χ2n) is 6.75. The van der Waals surface area contributed by atoms with Crippen molar-refractivity contribution in [1.29, 1.82) is 0 Å². The van der Waals surface area contributed by atoms with Crippen LogP contribution >= 0.6 is 0 Å². The van der Waals surface area contributed by atoms with E-state index in [1.807, 2.05) is 20.8 Å². The lowest BCUT2D eigenvalue weighted by molar-refractivity contribution is 0.0246. The van der Waals surface area contributed by atoms with E-state index in [4.69, 9.17) is 4.74 Å². The van der Waals surface area contributed by atoms with E-state index in [-0.39, 0.29) is 12.1 Å². The number of hydrogen-bond acceptors (Lipinski definition) is 6. The standard InChI is InChI=1S/C17H25N3O4/c1-17(2,3)24-16(22)20-9-5-8-18-14(11-20)13-7-6-12(10-19-13)15(21)23-4/h6-7,10,14,18H,5,8-9,11H2,1-4H3. The van der Waals surface area contributed by atoms with E-state index in [0.29, 0.717) is 18.7 Å². The Bertz CT molecular complexity index is 580. The highest BCUT2D eigenvalue weighted by Crippen LogP contribution is 2.18. The number of rotatable bonds is 2. The maximum Gasteiger partial charge on any atom is 0.410 e. The Kier molecular flexibility index (Phi) is 5.77. The molecule has 1 fully saturated rings. The lowest BCUT2D eigenvalue weighted by Crippen LogP contribution is -2.40. The molecule has 1 aromatic heterocycles. The smallest absolute Gasteiger partial charge is 0.410 e. The molecular weight excluding hydrogens is 310 g/mol. The van der Waals surface area contributed by atoms with Crippen molar-refractivity contribution in [3.05, 3.63) is 29.6 Å². The number of nitrogens with one attached hydrogen (secondary N) is 1. The lowest BCUT2D eigenvalue weighted by atomic mass is 10.1. The largest absolute Gasteiger partial charge is 0.465 e. The summed E-state index contributed by atoms with van der Waals surface area (Å²) in [7, 11) is 1.34.